The molecule has 3 atom stereocenters. The van der Waals surface area contributed by atoms with Gasteiger partial charge in [-0.25, -0.2) is 4.79 Å². The summed E-state index contributed by atoms with van der Waals surface area (Å²) in [5.41, 5.74) is 0. The molecule has 0 saturated carbocycles. The summed E-state index contributed by atoms with van der Waals surface area (Å²) in [4.78, 5) is 10.9. The van der Waals surface area contributed by atoms with Crippen LogP contribution in [0.15, 0.2) is 0 Å². The number of ether oxygens (including phenoxy) is 3. The lowest BCUT2D eigenvalue weighted by molar-refractivity contribution is -0.174. The molecule has 2 fully saturated rings. The number of carbonyl (C=O) groups is 1. The number of cyclic esters (lactones) is 1. The molecule has 13 heavy (non-hydrogen) atoms. The summed E-state index contributed by atoms with van der Waals surface area (Å²) in [6.45, 7) is 3.63. The summed E-state index contributed by atoms with van der Waals surface area (Å²) in [6, 6.07) is 0. The third kappa shape index (κ3) is 1.43. The van der Waals surface area contributed by atoms with E-state index in [2.05, 4.69) is 0 Å². The molecule has 0 aromatic rings. The van der Waals surface area contributed by atoms with Crippen molar-refractivity contribution in [2.24, 2.45) is 0 Å². The van der Waals surface area contributed by atoms with Crippen molar-refractivity contribution < 1.29 is 24.1 Å². The third-order valence-corrected chi connectivity index (χ3v) is 2.16. The molecule has 0 bridgehead atoms. The maximum Gasteiger partial charge on any atom is 0.337 e. The van der Waals surface area contributed by atoms with Gasteiger partial charge in [0.05, 0.1) is 0 Å². The lowest BCUT2D eigenvalue weighted by atomic mass is 10.1. The zero-order valence-corrected chi connectivity index (χ0v) is 7.52. The van der Waals surface area contributed by atoms with E-state index in [9.17, 15) is 9.90 Å². The Kier molecular flexibility index (Phi) is 1.83. The summed E-state index contributed by atoms with van der Waals surface area (Å²) in [5.74, 6) is -1.38. The van der Waals surface area contributed by atoms with Crippen molar-refractivity contribution in [3.8, 4) is 0 Å². The quantitative estimate of drug-likeness (QED) is 0.515. The Labute approximate surface area is 75.6 Å². The van der Waals surface area contributed by atoms with E-state index in [4.69, 9.17) is 14.2 Å². The van der Waals surface area contributed by atoms with Crippen molar-refractivity contribution in [3.63, 3.8) is 0 Å². The molecule has 5 nitrogen and oxygen atoms in total. The zero-order chi connectivity index (χ0) is 9.64. The van der Waals surface area contributed by atoms with Crippen LogP contribution in [0, 0.1) is 0 Å². The Hall–Kier alpha value is -0.650. The van der Waals surface area contributed by atoms with Gasteiger partial charge in [-0.05, 0) is 13.8 Å². The fourth-order valence-electron chi connectivity index (χ4n) is 1.64. The summed E-state index contributed by atoms with van der Waals surface area (Å²) in [6.07, 6.45) is -2.15. The molecule has 2 aliphatic heterocycles. The molecule has 1 N–H and O–H groups in total. The van der Waals surface area contributed by atoms with Gasteiger partial charge < -0.3 is 19.3 Å². The molecule has 0 amide bonds. The van der Waals surface area contributed by atoms with E-state index < -0.39 is 24.0 Å². The average Bonchev–Trinajstić information content (AvgIpc) is 2.34. The van der Waals surface area contributed by atoms with Gasteiger partial charge in [0.2, 0.25) is 0 Å². The van der Waals surface area contributed by atoms with Gasteiger partial charge in [0, 0.05) is 0 Å². The van der Waals surface area contributed by atoms with Crippen molar-refractivity contribution in [3.05, 3.63) is 0 Å². The molecule has 0 spiro atoms. The summed E-state index contributed by atoms with van der Waals surface area (Å²) >= 11 is 0. The second-order valence-corrected chi connectivity index (χ2v) is 3.71. The van der Waals surface area contributed by atoms with Gasteiger partial charge in [-0.1, -0.05) is 0 Å². The van der Waals surface area contributed by atoms with Crippen molar-refractivity contribution >= 4 is 5.97 Å². The smallest absolute Gasteiger partial charge is 0.337 e. The molecule has 2 heterocycles. The summed E-state index contributed by atoms with van der Waals surface area (Å²) in [7, 11) is 0. The fourth-order valence-corrected chi connectivity index (χ4v) is 1.64. The summed E-state index contributed by atoms with van der Waals surface area (Å²) < 4.78 is 15.5. The second kappa shape index (κ2) is 2.67. The summed E-state index contributed by atoms with van der Waals surface area (Å²) in [5, 5.41) is 9.40. The molecule has 0 radical (unpaired) electrons. The highest BCUT2D eigenvalue weighted by molar-refractivity contribution is 5.76. The third-order valence-electron chi connectivity index (χ3n) is 2.16. The van der Waals surface area contributed by atoms with Crippen molar-refractivity contribution in [1.82, 2.24) is 0 Å². The first-order chi connectivity index (χ1) is 5.99. The first-order valence-corrected chi connectivity index (χ1v) is 4.20. The highest BCUT2D eigenvalue weighted by Gasteiger charge is 2.50. The predicted octanol–water partition coefficient (Wildman–Crippen LogP) is -0.576. The van der Waals surface area contributed by atoms with E-state index in [0.717, 1.165) is 0 Å². The topological polar surface area (TPSA) is 65.0 Å². The Morgan fingerprint density at radius 2 is 2.15 bits per heavy atom. The van der Waals surface area contributed by atoms with E-state index in [-0.39, 0.29) is 12.7 Å². The highest BCUT2D eigenvalue weighted by Crippen LogP contribution is 2.32. The first kappa shape index (κ1) is 8.93. The monoisotopic (exact) mass is 188 g/mol. The maximum atomic E-state index is 10.9. The standard InChI is InChI=1S/C8H12O5/c1-8(2)12-4-3-11-7(10)5(9)6(4)13-8/h4-6,9H,3H2,1-2H3/t4-,5+,6-/m1/s1. The van der Waals surface area contributed by atoms with Gasteiger partial charge in [-0.2, -0.15) is 0 Å². The fraction of sp³-hybridized carbons (Fsp3) is 0.875. The Morgan fingerprint density at radius 1 is 1.46 bits per heavy atom. The van der Waals surface area contributed by atoms with Crippen LogP contribution < -0.4 is 0 Å². The van der Waals surface area contributed by atoms with Gasteiger partial charge in [-0.3, -0.25) is 0 Å². The van der Waals surface area contributed by atoms with Crippen LogP contribution in [0.5, 0.6) is 0 Å². The lowest BCUT2D eigenvalue weighted by Gasteiger charge is -2.25. The Morgan fingerprint density at radius 3 is 2.85 bits per heavy atom. The van der Waals surface area contributed by atoms with Crippen LogP contribution in [0.3, 0.4) is 0 Å². The van der Waals surface area contributed by atoms with Gasteiger partial charge in [0.25, 0.3) is 0 Å². The van der Waals surface area contributed by atoms with Gasteiger partial charge in [-0.15, -0.1) is 0 Å². The molecule has 0 aromatic carbocycles. The minimum absolute atomic E-state index is 0.157. The van der Waals surface area contributed by atoms with Crippen LogP contribution >= 0.6 is 0 Å². The first-order valence-electron chi connectivity index (χ1n) is 4.20. The number of aliphatic hydroxyl groups is 1. The number of fused-ring (bicyclic) bond motifs is 1. The second-order valence-electron chi connectivity index (χ2n) is 3.71. The molecular formula is C8H12O5. The highest BCUT2D eigenvalue weighted by atomic mass is 16.8. The number of hydrogen-bond acceptors (Lipinski definition) is 5. The number of rotatable bonds is 0. The molecule has 0 aromatic heterocycles. The van der Waals surface area contributed by atoms with E-state index >= 15 is 0 Å². The number of hydrogen-bond donors (Lipinski definition) is 1. The van der Waals surface area contributed by atoms with E-state index in [1.807, 2.05) is 0 Å². The predicted molar refractivity (Wildman–Crippen MR) is 40.8 cm³/mol. The van der Waals surface area contributed by atoms with E-state index in [1.54, 1.807) is 13.8 Å². The zero-order valence-electron chi connectivity index (χ0n) is 7.52. The number of carbonyl (C=O) groups excluding carboxylic acids is 1. The number of aliphatic hydroxyl groups excluding tert-OH is 1. The van der Waals surface area contributed by atoms with Crippen molar-refractivity contribution in [2.45, 2.75) is 37.9 Å². The molecule has 2 aliphatic rings. The van der Waals surface area contributed by atoms with Crippen LogP contribution in [0.25, 0.3) is 0 Å². The molecule has 74 valence electrons. The molecule has 0 aliphatic carbocycles. The van der Waals surface area contributed by atoms with Crippen LogP contribution in [-0.4, -0.2) is 41.8 Å². The van der Waals surface area contributed by atoms with E-state index in [0.29, 0.717) is 0 Å². The van der Waals surface area contributed by atoms with Crippen LogP contribution in [0.2, 0.25) is 0 Å². The van der Waals surface area contributed by atoms with Crippen molar-refractivity contribution in [2.75, 3.05) is 6.61 Å². The Bertz CT molecular complexity index is 237. The van der Waals surface area contributed by atoms with Crippen molar-refractivity contribution in [1.29, 1.82) is 0 Å². The minimum atomic E-state index is -1.22. The Balaban J connectivity index is 2.15. The molecule has 2 rings (SSSR count). The van der Waals surface area contributed by atoms with E-state index in [1.165, 1.54) is 0 Å². The van der Waals surface area contributed by atoms with Crippen LogP contribution in [-0.2, 0) is 19.0 Å². The largest absolute Gasteiger partial charge is 0.461 e. The van der Waals surface area contributed by atoms with Crippen LogP contribution in [0.4, 0.5) is 0 Å². The van der Waals surface area contributed by atoms with Gasteiger partial charge in [0.1, 0.15) is 18.8 Å². The minimum Gasteiger partial charge on any atom is -0.461 e. The van der Waals surface area contributed by atoms with Crippen LogP contribution in [0.1, 0.15) is 13.8 Å². The maximum absolute atomic E-state index is 10.9. The molecule has 0 unspecified atom stereocenters. The molecular weight excluding hydrogens is 176 g/mol. The van der Waals surface area contributed by atoms with Gasteiger partial charge >= 0.3 is 5.97 Å². The normalized spacial score (nSPS) is 42.7. The lowest BCUT2D eigenvalue weighted by Crippen LogP contribution is -2.48. The number of esters is 1. The molecule has 5 heteroatoms. The molecule has 2 saturated heterocycles. The average molecular weight is 188 g/mol. The SMILES string of the molecule is CC1(C)O[C@H]2[C@H](O)C(=O)OC[C@H]2O1. The van der Waals surface area contributed by atoms with Gasteiger partial charge in [0.15, 0.2) is 11.9 Å².